The van der Waals surface area contributed by atoms with E-state index in [2.05, 4.69) is 9.97 Å². The van der Waals surface area contributed by atoms with E-state index in [0.29, 0.717) is 37.0 Å². The van der Waals surface area contributed by atoms with Gasteiger partial charge in [0.2, 0.25) is 0 Å². The number of anilines is 1. The number of cyclic esters (lactones) is 1. The van der Waals surface area contributed by atoms with Crippen LogP contribution < -0.4 is 4.90 Å². The van der Waals surface area contributed by atoms with E-state index in [9.17, 15) is 9.90 Å². The summed E-state index contributed by atoms with van der Waals surface area (Å²) in [5, 5.41) is 10.4. The summed E-state index contributed by atoms with van der Waals surface area (Å²) >= 11 is 1.43. The summed E-state index contributed by atoms with van der Waals surface area (Å²) in [5.41, 5.74) is -0.381. The van der Waals surface area contributed by atoms with Crippen LogP contribution in [0.25, 0.3) is 0 Å². The second-order valence-electron chi connectivity index (χ2n) is 7.33. The van der Waals surface area contributed by atoms with Crippen LogP contribution in [0.4, 0.5) is 10.6 Å². The zero-order valence-corrected chi connectivity index (χ0v) is 16.4. The molecule has 7 nitrogen and oxygen atoms in total. The van der Waals surface area contributed by atoms with Crippen molar-refractivity contribution in [3.05, 3.63) is 11.8 Å². The van der Waals surface area contributed by atoms with Crippen LogP contribution in [0.5, 0.6) is 0 Å². The molecule has 2 rings (SSSR count). The van der Waals surface area contributed by atoms with Crippen molar-refractivity contribution in [2.75, 3.05) is 24.3 Å². The number of carbonyl (C=O) groups excluding carboxylic acids is 1. The highest BCUT2D eigenvalue weighted by molar-refractivity contribution is 7.98. The molecule has 1 aromatic heterocycles. The fraction of sp³-hybridized carbons (Fsp3) is 0.706. The fourth-order valence-electron chi connectivity index (χ4n) is 2.35. The average molecular weight is 369 g/mol. The van der Waals surface area contributed by atoms with Crippen molar-refractivity contribution < 1.29 is 19.4 Å². The number of amides is 1. The Kier molecular flexibility index (Phi) is 6.29. The SMILES string of the molecule is CSc1ncc2c(n1)N(CCC(C)(C)OCCC(C)(C)O)C(=O)OC2. The molecule has 0 unspecified atom stereocenters. The van der Waals surface area contributed by atoms with Crippen LogP contribution in [0, 0.1) is 0 Å². The summed E-state index contributed by atoms with van der Waals surface area (Å²) in [6.07, 6.45) is 4.37. The number of fused-ring (bicyclic) bond motifs is 1. The molecular formula is C17H27N3O4S. The van der Waals surface area contributed by atoms with Crippen molar-refractivity contribution >= 4 is 23.7 Å². The van der Waals surface area contributed by atoms with Crippen molar-refractivity contribution in [1.82, 2.24) is 9.97 Å². The molecule has 25 heavy (non-hydrogen) atoms. The third-order valence-electron chi connectivity index (χ3n) is 3.97. The number of aliphatic hydroxyl groups is 1. The minimum Gasteiger partial charge on any atom is -0.444 e. The fourth-order valence-corrected chi connectivity index (χ4v) is 2.68. The van der Waals surface area contributed by atoms with E-state index in [1.165, 1.54) is 11.8 Å². The summed E-state index contributed by atoms with van der Waals surface area (Å²) in [6.45, 7) is 8.55. The third-order valence-corrected chi connectivity index (χ3v) is 4.54. The van der Waals surface area contributed by atoms with Gasteiger partial charge in [-0.2, -0.15) is 0 Å². The second kappa shape index (κ2) is 7.88. The molecule has 0 aliphatic carbocycles. The van der Waals surface area contributed by atoms with E-state index in [0.717, 1.165) is 5.56 Å². The molecule has 0 saturated carbocycles. The Morgan fingerprint density at radius 3 is 2.72 bits per heavy atom. The van der Waals surface area contributed by atoms with Crippen molar-refractivity contribution in [2.24, 2.45) is 0 Å². The topological polar surface area (TPSA) is 84.8 Å². The molecular weight excluding hydrogens is 342 g/mol. The molecule has 1 N–H and O–H groups in total. The number of hydrogen-bond acceptors (Lipinski definition) is 7. The van der Waals surface area contributed by atoms with E-state index in [1.807, 2.05) is 20.1 Å². The van der Waals surface area contributed by atoms with Crippen LogP contribution >= 0.6 is 11.8 Å². The van der Waals surface area contributed by atoms with Gasteiger partial charge in [0.25, 0.3) is 0 Å². The molecule has 0 bridgehead atoms. The van der Waals surface area contributed by atoms with Gasteiger partial charge < -0.3 is 14.6 Å². The first-order valence-electron chi connectivity index (χ1n) is 8.32. The Balaban J connectivity index is 2.01. The number of nitrogens with zero attached hydrogens (tertiary/aromatic N) is 3. The molecule has 1 aliphatic rings. The van der Waals surface area contributed by atoms with Gasteiger partial charge in [-0.3, -0.25) is 4.90 Å². The van der Waals surface area contributed by atoms with Gasteiger partial charge in [0.15, 0.2) is 5.16 Å². The third kappa shape index (κ3) is 5.83. The number of ether oxygens (including phenoxy) is 2. The van der Waals surface area contributed by atoms with Gasteiger partial charge in [0.1, 0.15) is 12.4 Å². The predicted octanol–water partition coefficient (Wildman–Crippen LogP) is 3.00. The number of rotatable bonds is 8. The van der Waals surface area contributed by atoms with Gasteiger partial charge in [-0.25, -0.2) is 14.8 Å². The lowest BCUT2D eigenvalue weighted by atomic mass is 10.0. The van der Waals surface area contributed by atoms with E-state index >= 15 is 0 Å². The second-order valence-corrected chi connectivity index (χ2v) is 8.11. The van der Waals surface area contributed by atoms with Crippen molar-refractivity contribution in [1.29, 1.82) is 0 Å². The van der Waals surface area contributed by atoms with Gasteiger partial charge in [-0.05, 0) is 46.8 Å². The first-order chi connectivity index (χ1) is 11.6. The zero-order chi connectivity index (χ0) is 18.7. The van der Waals surface area contributed by atoms with Crippen LogP contribution in [0.3, 0.4) is 0 Å². The molecule has 8 heteroatoms. The number of aromatic nitrogens is 2. The lowest BCUT2D eigenvalue weighted by molar-refractivity contribution is -0.0487. The van der Waals surface area contributed by atoms with E-state index in [-0.39, 0.29) is 6.61 Å². The summed E-state index contributed by atoms with van der Waals surface area (Å²) in [4.78, 5) is 22.4. The summed E-state index contributed by atoms with van der Waals surface area (Å²) < 4.78 is 11.1. The largest absolute Gasteiger partial charge is 0.444 e. The highest BCUT2D eigenvalue weighted by Gasteiger charge is 2.30. The number of hydrogen-bond donors (Lipinski definition) is 1. The summed E-state index contributed by atoms with van der Waals surface area (Å²) in [5.74, 6) is 0.614. The standard InChI is InChI=1S/C17H27N3O4S/c1-16(2,22)7-9-24-17(3,4)6-8-20-13-12(11-23-15(20)21)10-18-14(19-13)25-5/h10,22H,6-9,11H2,1-5H3. The minimum atomic E-state index is -0.753. The quantitative estimate of drug-likeness (QED) is 0.557. The molecule has 0 spiro atoms. The van der Waals surface area contributed by atoms with Crippen molar-refractivity contribution in [2.45, 2.75) is 63.5 Å². The lowest BCUT2D eigenvalue weighted by Gasteiger charge is -2.32. The molecule has 2 heterocycles. The Hall–Kier alpha value is -1.38. The van der Waals surface area contributed by atoms with Crippen molar-refractivity contribution in [3.63, 3.8) is 0 Å². The molecule has 1 amide bonds. The van der Waals surface area contributed by atoms with Crippen LogP contribution in [-0.4, -0.2) is 51.8 Å². The molecule has 0 aromatic carbocycles. The predicted molar refractivity (Wildman–Crippen MR) is 96.9 cm³/mol. The average Bonchev–Trinajstić information content (AvgIpc) is 2.51. The van der Waals surface area contributed by atoms with Gasteiger partial charge in [0.05, 0.1) is 23.4 Å². The zero-order valence-electron chi connectivity index (χ0n) is 15.5. The van der Waals surface area contributed by atoms with E-state index in [1.54, 1.807) is 24.9 Å². The van der Waals surface area contributed by atoms with E-state index < -0.39 is 17.3 Å². The minimum absolute atomic E-state index is 0.199. The molecule has 0 saturated heterocycles. The first kappa shape index (κ1) is 19.9. The highest BCUT2D eigenvalue weighted by atomic mass is 32.2. The lowest BCUT2D eigenvalue weighted by Crippen LogP contribution is -2.41. The summed E-state index contributed by atoms with van der Waals surface area (Å²) in [6, 6.07) is 0. The van der Waals surface area contributed by atoms with Crippen LogP contribution in [0.15, 0.2) is 11.4 Å². The van der Waals surface area contributed by atoms with Crippen LogP contribution in [-0.2, 0) is 16.1 Å². The normalized spacial score (nSPS) is 15.1. The molecule has 0 atom stereocenters. The Morgan fingerprint density at radius 2 is 2.08 bits per heavy atom. The smallest absolute Gasteiger partial charge is 0.415 e. The number of carbonyl (C=O) groups is 1. The molecule has 1 aliphatic heterocycles. The molecule has 0 fully saturated rings. The Bertz CT molecular complexity index is 616. The Labute approximate surface area is 153 Å². The summed E-state index contributed by atoms with van der Waals surface area (Å²) in [7, 11) is 0. The van der Waals surface area contributed by atoms with Gasteiger partial charge in [-0.15, -0.1) is 0 Å². The van der Waals surface area contributed by atoms with Crippen LogP contribution in [0.1, 0.15) is 46.1 Å². The maximum absolute atomic E-state index is 12.2. The molecule has 0 radical (unpaired) electrons. The first-order valence-corrected chi connectivity index (χ1v) is 9.54. The van der Waals surface area contributed by atoms with Gasteiger partial charge >= 0.3 is 6.09 Å². The van der Waals surface area contributed by atoms with Crippen LogP contribution in [0.2, 0.25) is 0 Å². The highest BCUT2D eigenvalue weighted by Crippen LogP contribution is 2.28. The Morgan fingerprint density at radius 1 is 1.36 bits per heavy atom. The molecule has 140 valence electrons. The van der Waals surface area contributed by atoms with Gasteiger partial charge in [-0.1, -0.05) is 11.8 Å². The van der Waals surface area contributed by atoms with Crippen molar-refractivity contribution in [3.8, 4) is 0 Å². The maximum atomic E-state index is 12.2. The monoisotopic (exact) mass is 369 g/mol. The maximum Gasteiger partial charge on any atom is 0.415 e. The van der Waals surface area contributed by atoms with Gasteiger partial charge in [0, 0.05) is 12.7 Å². The number of thioether (sulfide) groups is 1. The van der Waals surface area contributed by atoms with E-state index in [4.69, 9.17) is 9.47 Å². The molecule has 1 aromatic rings.